The first-order valence-electron chi connectivity index (χ1n) is 3.07. The van der Waals surface area contributed by atoms with E-state index < -0.39 is 0 Å². The van der Waals surface area contributed by atoms with Crippen molar-refractivity contribution in [1.29, 1.82) is 0 Å². The van der Waals surface area contributed by atoms with Crippen molar-refractivity contribution in [2.24, 2.45) is 0 Å². The molecule has 3 nitrogen and oxygen atoms in total. The molecule has 1 amide bonds. The van der Waals surface area contributed by atoms with Crippen molar-refractivity contribution in [3.63, 3.8) is 0 Å². The van der Waals surface area contributed by atoms with Crippen molar-refractivity contribution < 1.29 is 9.59 Å². The third-order valence-electron chi connectivity index (χ3n) is 1.13. The monoisotopic (exact) mass is 161 g/mol. The first kappa shape index (κ1) is 9.49. The summed E-state index contributed by atoms with van der Waals surface area (Å²) in [6, 6.07) is 0. The minimum absolute atomic E-state index is 0.0837. The first-order chi connectivity index (χ1) is 4.76. The number of hydrogen-bond acceptors (Lipinski definition) is 3. The molecule has 0 aliphatic carbocycles. The predicted molar refractivity (Wildman–Crippen MR) is 42.5 cm³/mol. The molecule has 0 aliphatic heterocycles. The Morgan fingerprint density at radius 2 is 2.40 bits per heavy atom. The maximum atomic E-state index is 10.8. The van der Waals surface area contributed by atoms with Gasteiger partial charge in [0, 0.05) is 7.05 Å². The van der Waals surface area contributed by atoms with Crippen molar-refractivity contribution in [2.45, 2.75) is 18.6 Å². The van der Waals surface area contributed by atoms with E-state index >= 15 is 0 Å². The lowest BCUT2D eigenvalue weighted by Gasteiger charge is -2.07. The molecule has 0 aromatic heterocycles. The highest BCUT2D eigenvalue weighted by molar-refractivity contribution is 8.13. The summed E-state index contributed by atoms with van der Waals surface area (Å²) in [6.07, 6.45) is 0.684. The normalized spacial score (nSPS) is 12.2. The molecule has 1 atom stereocenters. The Labute approximate surface area is 64.6 Å². The number of amides is 1. The van der Waals surface area contributed by atoms with Gasteiger partial charge in [-0.2, -0.15) is 0 Å². The summed E-state index contributed by atoms with van der Waals surface area (Å²) in [5, 5.41) is 2.26. The molecule has 0 saturated heterocycles. The summed E-state index contributed by atoms with van der Waals surface area (Å²) in [4.78, 5) is 20.8. The van der Waals surface area contributed by atoms with Gasteiger partial charge in [-0.1, -0.05) is 18.7 Å². The summed E-state index contributed by atoms with van der Waals surface area (Å²) in [7, 11) is 1.57. The van der Waals surface area contributed by atoms with Crippen LogP contribution >= 0.6 is 11.8 Å². The van der Waals surface area contributed by atoms with Crippen molar-refractivity contribution in [3.05, 3.63) is 0 Å². The molecule has 0 saturated carbocycles. The number of hydrogen-bond donors (Lipinski definition) is 1. The van der Waals surface area contributed by atoms with Gasteiger partial charge in [-0.05, 0) is 6.42 Å². The van der Waals surface area contributed by atoms with Crippen molar-refractivity contribution in [3.8, 4) is 0 Å². The molecule has 58 valence electrons. The maximum Gasteiger partial charge on any atom is 0.233 e. The maximum absolute atomic E-state index is 10.8. The molecule has 0 aromatic rings. The molecule has 10 heavy (non-hydrogen) atoms. The quantitative estimate of drug-likeness (QED) is 0.608. The fourth-order valence-electron chi connectivity index (χ4n) is 0.571. The zero-order chi connectivity index (χ0) is 7.98. The summed E-state index contributed by atoms with van der Waals surface area (Å²) in [5.41, 5.74) is 0.698. The van der Waals surface area contributed by atoms with Crippen LogP contribution in [0, 0.1) is 0 Å². The summed E-state index contributed by atoms with van der Waals surface area (Å²) in [6.45, 7) is 1.87. The van der Waals surface area contributed by atoms with E-state index in [9.17, 15) is 9.59 Å². The lowest BCUT2D eigenvalue weighted by Crippen LogP contribution is -2.28. The van der Waals surface area contributed by atoms with Crippen LogP contribution in [0.4, 0.5) is 0 Å². The minimum Gasteiger partial charge on any atom is -0.358 e. The molecule has 0 heterocycles. The van der Waals surface area contributed by atoms with Crippen LogP contribution in [-0.4, -0.2) is 23.8 Å². The van der Waals surface area contributed by atoms with Crippen LogP contribution in [0.5, 0.6) is 0 Å². The van der Waals surface area contributed by atoms with E-state index in [1.807, 2.05) is 6.92 Å². The molecular weight excluding hydrogens is 150 g/mol. The fourth-order valence-corrected chi connectivity index (χ4v) is 1.14. The van der Waals surface area contributed by atoms with E-state index in [2.05, 4.69) is 5.32 Å². The van der Waals surface area contributed by atoms with E-state index in [-0.39, 0.29) is 11.2 Å². The smallest absolute Gasteiger partial charge is 0.233 e. The predicted octanol–water partition coefficient (Wildman–Crippen LogP) is 0.434. The SMILES string of the molecule is CCC(SC=O)C(=O)NC. The van der Waals surface area contributed by atoms with E-state index in [0.717, 1.165) is 11.8 Å². The van der Waals surface area contributed by atoms with Gasteiger partial charge in [-0.15, -0.1) is 0 Å². The highest BCUT2D eigenvalue weighted by atomic mass is 32.2. The van der Waals surface area contributed by atoms with E-state index in [1.54, 1.807) is 7.05 Å². The molecule has 4 heteroatoms. The highest BCUT2D eigenvalue weighted by Gasteiger charge is 2.13. The van der Waals surface area contributed by atoms with Gasteiger partial charge in [0.25, 0.3) is 0 Å². The van der Waals surface area contributed by atoms with Crippen LogP contribution in [0.1, 0.15) is 13.3 Å². The lowest BCUT2D eigenvalue weighted by atomic mass is 10.3. The Hall–Kier alpha value is -0.510. The Morgan fingerprint density at radius 3 is 2.70 bits per heavy atom. The molecule has 0 radical (unpaired) electrons. The fraction of sp³-hybridized carbons (Fsp3) is 0.667. The van der Waals surface area contributed by atoms with Gasteiger partial charge in [-0.3, -0.25) is 9.59 Å². The summed E-state index contributed by atoms with van der Waals surface area (Å²) < 4.78 is 0. The second kappa shape index (κ2) is 5.29. The number of thioether (sulfide) groups is 1. The van der Waals surface area contributed by atoms with Crippen LogP contribution < -0.4 is 5.32 Å². The van der Waals surface area contributed by atoms with Gasteiger partial charge in [0.05, 0.1) is 5.25 Å². The standard InChI is InChI=1S/C6H11NO2S/c1-3-5(10-4-8)6(9)7-2/h4-5H,3H2,1-2H3,(H,7,9). The van der Waals surface area contributed by atoms with Crippen molar-refractivity contribution >= 4 is 23.3 Å². The van der Waals surface area contributed by atoms with Gasteiger partial charge in [-0.25, -0.2) is 0 Å². The van der Waals surface area contributed by atoms with Crippen LogP contribution in [0.15, 0.2) is 0 Å². The molecule has 0 spiro atoms. The van der Waals surface area contributed by atoms with Crippen LogP contribution in [0.2, 0.25) is 0 Å². The van der Waals surface area contributed by atoms with Crippen LogP contribution in [-0.2, 0) is 9.59 Å². The number of nitrogens with one attached hydrogen (secondary N) is 1. The topological polar surface area (TPSA) is 46.2 Å². The zero-order valence-corrected chi connectivity index (χ0v) is 6.90. The third-order valence-corrected chi connectivity index (χ3v) is 2.12. The second-order valence-electron chi connectivity index (χ2n) is 1.74. The molecule has 0 bridgehead atoms. The van der Waals surface area contributed by atoms with E-state index in [1.165, 1.54) is 0 Å². The van der Waals surface area contributed by atoms with Crippen molar-refractivity contribution in [1.82, 2.24) is 5.32 Å². The van der Waals surface area contributed by atoms with Gasteiger partial charge < -0.3 is 5.32 Å². The van der Waals surface area contributed by atoms with E-state index in [0.29, 0.717) is 12.0 Å². The number of carbonyl (C=O) groups excluding carboxylic acids is 2. The van der Waals surface area contributed by atoms with Crippen LogP contribution in [0.25, 0.3) is 0 Å². The molecule has 0 fully saturated rings. The largest absolute Gasteiger partial charge is 0.358 e. The molecule has 0 aromatic carbocycles. The lowest BCUT2D eigenvalue weighted by molar-refractivity contribution is -0.120. The van der Waals surface area contributed by atoms with Gasteiger partial charge in [0.15, 0.2) is 5.62 Å². The highest BCUT2D eigenvalue weighted by Crippen LogP contribution is 2.10. The Bertz CT molecular complexity index is 127. The molecule has 1 N–H and O–H groups in total. The Balaban J connectivity index is 3.79. The third kappa shape index (κ3) is 2.87. The van der Waals surface area contributed by atoms with Crippen molar-refractivity contribution in [2.75, 3.05) is 7.05 Å². The zero-order valence-electron chi connectivity index (χ0n) is 6.09. The number of carbonyl (C=O) groups is 2. The van der Waals surface area contributed by atoms with Gasteiger partial charge >= 0.3 is 0 Å². The average molecular weight is 161 g/mol. The van der Waals surface area contributed by atoms with Gasteiger partial charge in [0.2, 0.25) is 5.91 Å². The van der Waals surface area contributed by atoms with E-state index in [4.69, 9.17) is 0 Å². The van der Waals surface area contributed by atoms with Crippen LogP contribution in [0.3, 0.4) is 0 Å². The average Bonchev–Trinajstić information content (AvgIpc) is 1.99. The van der Waals surface area contributed by atoms with Gasteiger partial charge in [0.1, 0.15) is 0 Å². The Morgan fingerprint density at radius 1 is 1.80 bits per heavy atom. The summed E-state index contributed by atoms with van der Waals surface area (Å²) in [5.74, 6) is -0.0837. The Kier molecular flexibility index (Phi) is 5.02. The first-order valence-corrected chi connectivity index (χ1v) is 4.01. The minimum atomic E-state index is -0.220. The molecular formula is C6H11NO2S. The molecule has 1 unspecified atom stereocenters. The molecule has 0 rings (SSSR count). The number of rotatable bonds is 4. The molecule has 0 aliphatic rings. The second-order valence-corrected chi connectivity index (χ2v) is 2.78. The summed E-state index contributed by atoms with van der Waals surface area (Å²) >= 11 is 1.02.